The maximum absolute atomic E-state index is 4.72. The van der Waals surface area contributed by atoms with E-state index in [-0.39, 0.29) is 0 Å². The van der Waals surface area contributed by atoms with E-state index in [1.54, 1.807) is 11.3 Å². The highest BCUT2D eigenvalue weighted by atomic mass is 32.1. The minimum Gasteiger partial charge on any atom is -0.311 e. The highest BCUT2D eigenvalue weighted by Crippen LogP contribution is 2.30. The van der Waals surface area contributed by atoms with Gasteiger partial charge in [-0.1, -0.05) is 6.92 Å². The molecule has 0 bridgehead atoms. The number of nitrogens with zero attached hydrogens (tertiary/aromatic N) is 3. The Morgan fingerprint density at radius 3 is 2.70 bits per heavy atom. The summed E-state index contributed by atoms with van der Waals surface area (Å²) in [6.07, 6.45) is 2.93. The van der Waals surface area contributed by atoms with Crippen LogP contribution in [0.15, 0.2) is 5.38 Å². The molecule has 3 rings (SSSR count). The first-order valence-electron chi connectivity index (χ1n) is 7.92. The normalized spacial score (nSPS) is 21.4. The van der Waals surface area contributed by atoms with Crippen LogP contribution in [0.5, 0.6) is 0 Å². The number of rotatable bonds is 7. The largest absolute Gasteiger partial charge is 0.311 e. The summed E-state index contributed by atoms with van der Waals surface area (Å²) in [7, 11) is 0. The maximum Gasteiger partial charge on any atom is 0.107 e. The Balaban J connectivity index is 1.40. The van der Waals surface area contributed by atoms with Crippen molar-refractivity contribution in [2.24, 2.45) is 5.92 Å². The third kappa shape index (κ3) is 4.25. The zero-order chi connectivity index (χ0) is 13.8. The van der Waals surface area contributed by atoms with Gasteiger partial charge in [0.25, 0.3) is 0 Å². The van der Waals surface area contributed by atoms with Crippen LogP contribution in [0, 0.1) is 5.92 Å². The van der Waals surface area contributed by atoms with Crippen LogP contribution >= 0.6 is 11.3 Å². The lowest BCUT2D eigenvalue weighted by Gasteiger charge is -2.34. The van der Waals surface area contributed by atoms with E-state index in [9.17, 15) is 0 Å². The molecule has 2 heterocycles. The predicted octanol–water partition coefficient (Wildman–Crippen LogP) is 1.78. The van der Waals surface area contributed by atoms with E-state index in [1.807, 2.05) is 0 Å². The fourth-order valence-electron chi connectivity index (χ4n) is 2.76. The van der Waals surface area contributed by atoms with Gasteiger partial charge in [0.1, 0.15) is 5.01 Å². The zero-order valence-corrected chi connectivity index (χ0v) is 13.3. The molecule has 4 nitrogen and oxygen atoms in total. The Bertz CT molecular complexity index is 408. The smallest absolute Gasteiger partial charge is 0.107 e. The fourth-order valence-corrected chi connectivity index (χ4v) is 3.51. The summed E-state index contributed by atoms with van der Waals surface area (Å²) in [6, 6.07) is 0. The van der Waals surface area contributed by atoms with Gasteiger partial charge >= 0.3 is 0 Å². The molecule has 0 unspecified atom stereocenters. The Labute approximate surface area is 126 Å². The van der Waals surface area contributed by atoms with Crippen LogP contribution in [-0.4, -0.2) is 54.1 Å². The lowest BCUT2D eigenvalue weighted by Crippen LogP contribution is -2.46. The minimum absolute atomic E-state index is 0.913. The van der Waals surface area contributed by atoms with E-state index in [2.05, 4.69) is 27.4 Å². The number of piperazine rings is 1. The van der Waals surface area contributed by atoms with Crippen molar-refractivity contribution >= 4 is 11.3 Å². The Morgan fingerprint density at radius 2 is 2.00 bits per heavy atom. The first-order chi connectivity index (χ1) is 9.83. The molecule has 5 heteroatoms. The molecule has 20 heavy (non-hydrogen) atoms. The van der Waals surface area contributed by atoms with E-state index in [1.165, 1.54) is 56.3 Å². The Morgan fingerprint density at radius 1 is 1.25 bits per heavy atom. The number of nitrogens with one attached hydrogen (secondary N) is 1. The van der Waals surface area contributed by atoms with E-state index < -0.39 is 0 Å². The molecule has 0 aromatic carbocycles. The highest BCUT2D eigenvalue weighted by Gasteiger charge is 2.26. The fraction of sp³-hybridized carbons (Fsp3) is 0.800. The molecule has 0 radical (unpaired) electrons. The highest BCUT2D eigenvalue weighted by molar-refractivity contribution is 7.09. The van der Waals surface area contributed by atoms with Gasteiger partial charge in [0.05, 0.1) is 5.69 Å². The lowest BCUT2D eigenvalue weighted by atomic mass is 10.2. The average Bonchev–Trinajstić information content (AvgIpc) is 3.17. The molecule has 1 aromatic heterocycles. The van der Waals surface area contributed by atoms with E-state index >= 15 is 0 Å². The van der Waals surface area contributed by atoms with Crippen molar-refractivity contribution in [1.29, 1.82) is 0 Å². The van der Waals surface area contributed by atoms with Crippen LogP contribution in [0.25, 0.3) is 0 Å². The molecule has 1 aliphatic heterocycles. The van der Waals surface area contributed by atoms with Gasteiger partial charge < -0.3 is 10.2 Å². The summed E-state index contributed by atoms with van der Waals surface area (Å²) in [5.74, 6) is 1.02. The SMILES string of the molecule is CCNCc1nc(CN2CCN(CC3CC3)CC2)cs1. The van der Waals surface area contributed by atoms with Crippen molar-refractivity contribution in [3.05, 3.63) is 16.1 Å². The van der Waals surface area contributed by atoms with Crippen molar-refractivity contribution in [1.82, 2.24) is 20.1 Å². The van der Waals surface area contributed by atoms with Crippen LogP contribution in [0.3, 0.4) is 0 Å². The molecular formula is C15H26N4S. The van der Waals surface area contributed by atoms with Crippen molar-refractivity contribution < 1.29 is 0 Å². The number of hydrogen-bond acceptors (Lipinski definition) is 5. The van der Waals surface area contributed by atoms with Crippen molar-refractivity contribution in [3.8, 4) is 0 Å². The molecule has 112 valence electrons. The standard InChI is InChI=1S/C15H26N4S/c1-2-16-9-15-17-14(12-20-15)11-19-7-5-18(6-8-19)10-13-3-4-13/h12-13,16H,2-11H2,1H3. The number of hydrogen-bond donors (Lipinski definition) is 1. The summed E-state index contributed by atoms with van der Waals surface area (Å²) in [5.41, 5.74) is 1.25. The first-order valence-corrected chi connectivity index (χ1v) is 8.80. The third-order valence-corrected chi connectivity index (χ3v) is 5.09. The van der Waals surface area contributed by atoms with Gasteiger partial charge in [-0.15, -0.1) is 11.3 Å². The van der Waals surface area contributed by atoms with Gasteiger partial charge in [-0.05, 0) is 25.3 Å². The number of thiazole rings is 1. The van der Waals surface area contributed by atoms with Gasteiger partial charge in [-0.25, -0.2) is 4.98 Å². The van der Waals surface area contributed by atoms with Crippen molar-refractivity contribution in [2.75, 3.05) is 39.3 Å². The molecule has 1 saturated carbocycles. The second kappa shape index (κ2) is 6.98. The minimum atomic E-state index is 0.913. The van der Waals surface area contributed by atoms with Gasteiger partial charge in [0.15, 0.2) is 0 Å². The van der Waals surface area contributed by atoms with Crippen molar-refractivity contribution in [3.63, 3.8) is 0 Å². The van der Waals surface area contributed by atoms with Gasteiger partial charge in [0, 0.05) is 51.2 Å². The monoisotopic (exact) mass is 294 g/mol. The molecule has 0 atom stereocenters. The maximum atomic E-state index is 4.72. The summed E-state index contributed by atoms with van der Waals surface area (Å²) in [4.78, 5) is 9.92. The van der Waals surface area contributed by atoms with Crippen LogP contribution in [0.1, 0.15) is 30.5 Å². The third-order valence-electron chi connectivity index (χ3n) is 4.19. The summed E-state index contributed by atoms with van der Waals surface area (Å²) >= 11 is 1.78. The Kier molecular flexibility index (Phi) is 5.04. The van der Waals surface area contributed by atoms with Gasteiger partial charge in [0.2, 0.25) is 0 Å². The van der Waals surface area contributed by atoms with Crippen LogP contribution in [0.2, 0.25) is 0 Å². The molecule has 2 fully saturated rings. The predicted molar refractivity (Wildman–Crippen MR) is 83.9 cm³/mol. The van der Waals surface area contributed by atoms with E-state index in [0.717, 1.165) is 25.6 Å². The molecule has 2 aliphatic rings. The lowest BCUT2D eigenvalue weighted by molar-refractivity contribution is 0.122. The molecule has 0 amide bonds. The first kappa shape index (κ1) is 14.4. The Hall–Kier alpha value is -0.490. The van der Waals surface area contributed by atoms with Gasteiger partial charge in [-0.3, -0.25) is 4.90 Å². The molecule has 0 spiro atoms. The van der Waals surface area contributed by atoms with E-state index in [0.29, 0.717) is 0 Å². The molecule has 1 aliphatic carbocycles. The second-order valence-electron chi connectivity index (χ2n) is 6.03. The van der Waals surface area contributed by atoms with Crippen LogP contribution < -0.4 is 5.32 Å². The quantitative estimate of drug-likeness (QED) is 0.831. The zero-order valence-electron chi connectivity index (χ0n) is 12.5. The molecule has 1 N–H and O–H groups in total. The summed E-state index contributed by atoms with van der Waals surface area (Å²) < 4.78 is 0. The average molecular weight is 294 g/mol. The van der Waals surface area contributed by atoms with E-state index in [4.69, 9.17) is 4.98 Å². The van der Waals surface area contributed by atoms with Crippen LogP contribution in [-0.2, 0) is 13.1 Å². The van der Waals surface area contributed by atoms with Crippen LogP contribution in [0.4, 0.5) is 0 Å². The molecule has 1 aromatic rings. The summed E-state index contributed by atoms with van der Waals surface area (Å²) in [5, 5.41) is 6.78. The van der Waals surface area contributed by atoms with Gasteiger partial charge in [-0.2, -0.15) is 0 Å². The summed E-state index contributed by atoms with van der Waals surface area (Å²) in [6.45, 7) is 11.3. The molecular weight excluding hydrogens is 268 g/mol. The van der Waals surface area contributed by atoms with Crippen molar-refractivity contribution in [2.45, 2.75) is 32.9 Å². The topological polar surface area (TPSA) is 31.4 Å². The molecule has 1 saturated heterocycles. The second-order valence-corrected chi connectivity index (χ2v) is 6.98. The number of aromatic nitrogens is 1.